The molecule has 2 unspecified atom stereocenters. The summed E-state index contributed by atoms with van der Waals surface area (Å²) in [5, 5.41) is 12.2. The van der Waals surface area contributed by atoms with Gasteiger partial charge in [0, 0.05) is 17.7 Å². The van der Waals surface area contributed by atoms with E-state index in [0.717, 1.165) is 0 Å². The number of rotatable bonds is 6. The lowest BCUT2D eigenvalue weighted by atomic mass is 10.0. The summed E-state index contributed by atoms with van der Waals surface area (Å²) < 4.78 is 0. The monoisotopic (exact) mass is 245 g/mol. The van der Waals surface area contributed by atoms with Crippen molar-refractivity contribution in [3.05, 3.63) is 0 Å². The molecule has 0 heterocycles. The van der Waals surface area contributed by atoms with Gasteiger partial charge in [-0.3, -0.25) is 4.79 Å². The molecule has 0 radical (unpaired) electrons. The zero-order valence-electron chi connectivity index (χ0n) is 10.2. The van der Waals surface area contributed by atoms with E-state index in [1.807, 2.05) is 13.2 Å². The van der Waals surface area contributed by atoms with Crippen LogP contribution in [0, 0.1) is 5.92 Å². The Morgan fingerprint density at radius 3 is 2.62 bits per heavy atom. The zero-order chi connectivity index (χ0) is 12.0. The highest BCUT2D eigenvalue weighted by molar-refractivity contribution is 7.99. The van der Waals surface area contributed by atoms with Gasteiger partial charge >= 0.3 is 0 Å². The van der Waals surface area contributed by atoms with Gasteiger partial charge in [-0.15, -0.1) is 0 Å². The Morgan fingerprint density at radius 1 is 1.50 bits per heavy atom. The average Bonchev–Trinajstić information content (AvgIpc) is 2.71. The molecule has 0 aromatic carbocycles. The van der Waals surface area contributed by atoms with Crippen LogP contribution in [0.3, 0.4) is 0 Å². The molecule has 2 atom stereocenters. The molecule has 0 spiro atoms. The van der Waals surface area contributed by atoms with Gasteiger partial charge in [0.25, 0.3) is 0 Å². The van der Waals surface area contributed by atoms with Crippen LogP contribution < -0.4 is 5.32 Å². The highest BCUT2D eigenvalue weighted by atomic mass is 32.2. The fourth-order valence-electron chi connectivity index (χ4n) is 2.32. The molecule has 0 aromatic heterocycles. The van der Waals surface area contributed by atoms with Gasteiger partial charge < -0.3 is 10.4 Å². The van der Waals surface area contributed by atoms with Crippen LogP contribution >= 0.6 is 11.8 Å². The molecule has 94 valence electrons. The minimum absolute atomic E-state index is 0.0499. The van der Waals surface area contributed by atoms with Crippen LogP contribution in [0.25, 0.3) is 0 Å². The number of carbonyl (C=O) groups excluding carboxylic acids is 1. The third-order valence-corrected chi connectivity index (χ3v) is 4.54. The predicted molar refractivity (Wildman–Crippen MR) is 68.6 cm³/mol. The van der Waals surface area contributed by atoms with Gasteiger partial charge in [-0.05, 0) is 31.9 Å². The van der Waals surface area contributed by atoms with Crippen molar-refractivity contribution in [3.63, 3.8) is 0 Å². The predicted octanol–water partition coefficient (Wildman–Crippen LogP) is 1.80. The van der Waals surface area contributed by atoms with Gasteiger partial charge in [0.2, 0.25) is 5.91 Å². The summed E-state index contributed by atoms with van der Waals surface area (Å²) in [5.41, 5.74) is 0. The summed E-state index contributed by atoms with van der Waals surface area (Å²) in [6, 6.07) is 0.0499. The Kier molecular flexibility index (Phi) is 6.21. The maximum Gasteiger partial charge on any atom is 0.220 e. The SMILES string of the molecule is CSC(CO)C(C)NC(=O)CC1CCCC1. The number of thioether (sulfide) groups is 1. The maximum atomic E-state index is 11.7. The Balaban J connectivity index is 2.26. The first-order valence-electron chi connectivity index (χ1n) is 6.10. The second-order valence-corrected chi connectivity index (χ2v) is 5.74. The molecule has 2 N–H and O–H groups in total. The van der Waals surface area contributed by atoms with Gasteiger partial charge in [-0.2, -0.15) is 11.8 Å². The summed E-state index contributed by atoms with van der Waals surface area (Å²) >= 11 is 1.60. The van der Waals surface area contributed by atoms with E-state index in [1.165, 1.54) is 25.7 Å². The van der Waals surface area contributed by atoms with Crippen LogP contribution in [0.15, 0.2) is 0 Å². The van der Waals surface area contributed by atoms with E-state index in [4.69, 9.17) is 5.11 Å². The molecule has 16 heavy (non-hydrogen) atoms. The Labute approximate surface area is 102 Å². The summed E-state index contributed by atoms with van der Waals surface area (Å²) in [4.78, 5) is 11.7. The molecule has 4 heteroatoms. The average molecular weight is 245 g/mol. The summed E-state index contributed by atoms with van der Waals surface area (Å²) in [6.45, 7) is 2.08. The number of aliphatic hydroxyl groups is 1. The summed E-state index contributed by atoms with van der Waals surface area (Å²) in [7, 11) is 0. The van der Waals surface area contributed by atoms with Crippen molar-refractivity contribution >= 4 is 17.7 Å². The molecule has 1 rings (SSSR count). The Morgan fingerprint density at radius 2 is 2.12 bits per heavy atom. The topological polar surface area (TPSA) is 49.3 Å². The van der Waals surface area contributed by atoms with Gasteiger partial charge in [-0.25, -0.2) is 0 Å². The molecule has 0 aliphatic heterocycles. The summed E-state index contributed by atoms with van der Waals surface area (Å²) in [6.07, 6.45) is 7.58. The van der Waals surface area contributed by atoms with E-state index in [-0.39, 0.29) is 23.8 Å². The van der Waals surface area contributed by atoms with Crippen molar-refractivity contribution in [3.8, 4) is 0 Å². The molecule has 1 fully saturated rings. The van der Waals surface area contributed by atoms with Crippen molar-refractivity contribution in [2.75, 3.05) is 12.9 Å². The lowest BCUT2D eigenvalue weighted by Crippen LogP contribution is -2.41. The molecule has 1 amide bonds. The molecule has 0 aromatic rings. The molecule has 0 saturated heterocycles. The number of amides is 1. The minimum atomic E-state index is 0.0499. The number of aliphatic hydroxyl groups excluding tert-OH is 1. The molecule has 1 saturated carbocycles. The molecular formula is C12H23NO2S. The highest BCUT2D eigenvalue weighted by Crippen LogP contribution is 2.27. The minimum Gasteiger partial charge on any atom is -0.395 e. The number of carbonyl (C=O) groups is 1. The number of nitrogens with one attached hydrogen (secondary N) is 1. The Bertz CT molecular complexity index is 213. The summed E-state index contributed by atoms with van der Waals surface area (Å²) in [5.74, 6) is 0.737. The second-order valence-electron chi connectivity index (χ2n) is 4.67. The third-order valence-electron chi connectivity index (χ3n) is 3.38. The van der Waals surface area contributed by atoms with Crippen LogP contribution in [0.5, 0.6) is 0 Å². The maximum absolute atomic E-state index is 11.7. The van der Waals surface area contributed by atoms with Crippen molar-refractivity contribution in [1.82, 2.24) is 5.32 Å². The Hall–Kier alpha value is -0.220. The van der Waals surface area contributed by atoms with E-state index in [9.17, 15) is 4.79 Å². The number of hydrogen-bond donors (Lipinski definition) is 2. The zero-order valence-corrected chi connectivity index (χ0v) is 11.1. The van der Waals surface area contributed by atoms with E-state index >= 15 is 0 Å². The highest BCUT2D eigenvalue weighted by Gasteiger charge is 2.21. The first-order valence-corrected chi connectivity index (χ1v) is 7.39. The molecular weight excluding hydrogens is 222 g/mol. The lowest BCUT2D eigenvalue weighted by molar-refractivity contribution is -0.122. The molecule has 1 aliphatic carbocycles. The fourth-order valence-corrected chi connectivity index (χ4v) is 2.94. The van der Waals surface area contributed by atoms with Crippen LogP contribution in [-0.2, 0) is 4.79 Å². The molecule has 3 nitrogen and oxygen atoms in total. The van der Waals surface area contributed by atoms with Crippen LogP contribution in [0.4, 0.5) is 0 Å². The second kappa shape index (κ2) is 7.17. The van der Waals surface area contributed by atoms with E-state index in [2.05, 4.69) is 5.32 Å². The van der Waals surface area contributed by atoms with Gasteiger partial charge in [-0.1, -0.05) is 12.8 Å². The van der Waals surface area contributed by atoms with Crippen LogP contribution in [0.2, 0.25) is 0 Å². The van der Waals surface area contributed by atoms with E-state index in [1.54, 1.807) is 11.8 Å². The number of hydrogen-bond acceptors (Lipinski definition) is 3. The molecule has 1 aliphatic rings. The lowest BCUT2D eigenvalue weighted by Gasteiger charge is -2.22. The fraction of sp³-hybridized carbons (Fsp3) is 0.917. The standard InChI is InChI=1S/C12H23NO2S/c1-9(11(8-14)16-2)13-12(15)7-10-5-3-4-6-10/h9-11,14H,3-8H2,1-2H3,(H,13,15). The third kappa shape index (κ3) is 4.34. The van der Waals surface area contributed by atoms with Crippen LogP contribution in [0.1, 0.15) is 39.0 Å². The first-order chi connectivity index (χ1) is 7.67. The van der Waals surface area contributed by atoms with Gasteiger partial charge in [0.1, 0.15) is 0 Å². The molecule has 0 bridgehead atoms. The van der Waals surface area contributed by atoms with Crippen molar-refractivity contribution in [2.24, 2.45) is 5.92 Å². The van der Waals surface area contributed by atoms with Gasteiger partial charge in [0.15, 0.2) is 0 Å². The van der Waals surface area contributed by atoms with Crippen molar-refractivity contribution in [1.29, 1.82) is 0 Å². The smallest absolute Gasteiger partial charge is 0.220 e. The normalized spacial score (nSPS) is 20.7. The van der Waals surface area contributed by atoms with Gasteiger partial charge in [0.05, 0.1) is 6.61 Å². The van der Waals surface area contributed by atoms with Crippen LogP contribution in [-0.4, -0.2) is 35.2 Å². The largest absolute Gasteiger partial charge is 0.395 e. The van der Waals surface area contributed by atoms with E-state index in [0.29, 0.717) is 12.3 Å². The quantitative estimate of drug-likeness (QED) is 0.750. The first kappa shape index (κ1) is 13.8. The van der Waals surface area contributed by atoms with E-state index < -0.39 is 0 Å². The van der Waals surface area contributed by atoms with Crippen molar-refractivity contribution in [2.45, 2.75) is 50.3 Å². The van der Waals surface area contributed by atoms with Crippen molar-refractivity contribution < 1.29 is 9.90 Å².